The number of unbranched alkanes of at least 4 members (excludes halogenated alkanes) is 3. The van der Waals surface area contributed by atoms with E-state index in [-0.39, 0.29) is 12.1 Å². The van der Waals surface area contributed by atoms with Gasteiger partial charge in [0.1, 0.15) is 11.9 Å². The van der Waals surface area contributed by atoms with Gasteiger partial charge in [0, 0.05) is 16.9 Å². The molecule has 0 radical (unpaired) electrons. The summed E-state index contributed by atoms with van der Waals surface area (Å²) in [6.07, 6.45) is 10.2. The molecule has 0 saturated carbocycles. The van der Waals surface area contributed by atoms with Crippen molar-refractivity contribution in [1.29, 1.82) is 0 Å². The number of nitrogens with zero attached hydrogens (tertiary/aromatic N) is 3. The van der Waals surface area contributed by atoms with Crippen molar-refractivity contribution in [2.24, 2.45) is 16.0 Å². The first-order valence-corrected chi connectivity index (χ1v) is 11.8. The molecule has 1 aromatic rings. The van der Waals surface area contributed by atoms with Crippen molar-refractivity contribution < 1.29 is 4.79 Å². The largest absolute Gasteiger partial charge is 0.298 e. The van der Waals surface area contributed by atoms with Crippen LogP contribution in [0.25, 0.3) is 5.70 Å². The van der Waals surface area contributed by atoms with Crippen LogP contribution in [0.5, 0.6) is 0 Å². The minimum atomic E-state index is -0.119. The summed E-state index contributed by atoms with van der Waals surface area (Å²) in [6.45, 7) is 4.41. The van der Waals surface area contributed by atoms with Gasteiger partial charge >= 0.3 is 0 Å². The molecule has 4 rings (SSSR count). The van der Waals surface area contributed by atoms with Gasteiger partial charge in [0.25, 0.3) is 5.91 Å². The molecule has 0 unspecified atom stereocenters. The second kappa shape index (κ2) is 9.16. The highest BCUT2D eigenvalue weighted by Gasteiger charge is 2.37. The maximum absolute atomic E-state index is 13.1. The Bertz CT molecular complexity index is 952. The molecule has 1 aromatic carbocycles. The predicted octanol–water partition coefficient (Wildman–Crippen LogP) is 3.52. The molecule has 0 spiro atoms. The third-order valence-corrected chi connectivity index (χ3v) is 6.83. The molecule has 29 heavy (non-hydrogen) atoms. The van der Waals surface area contributed by atoms with Gasteiger partial charge in [0.2, 0.25) is 0 Å². The Labute approximate surface area is 177 Å². The fourth-order valence-electron chi connectivity index (χ4n) is 4.18. The Balaban J connectivity index is 1.64. The summed E-state index contributed by atoms with van der Waals surface area (Å²) in [7, 11) is 0. The lowest BCUT2D eigenvalue weighted by Gasteiger charge is -2.38. The molecule has 3 aliphatic rings. The van der Waals surface area contributed by atoms with Gasteiger partial charge in [-0.05, 0) is 38.7 Å². The maximum Gasteiger partial charge on any atom is 0.276 e. The third-order valence-electron chi connectivity index (χ3n) is 5.88. The molecule has 1 aliphatic carbocycles. The van der Waals surface area contributed by atoms with Gasteiger partial charge < -0.3 is 0 Å². The van der Waals surface area contributed by atoms with E-state index in [1.54, 1.807) is 11.8 Å². The smallest absolute Gasteiger partial charge is 0.276 e. The van der Waals surface area contributed by atoms with E-state index >= 15 is 0 Å². The zero-order valence-electron chi connectivity index (χ0n) is 17.4. The monoisotopic (exact) mass is 410 g/mol. The van der Waals surface area contributed by atoms with Gasteiger partial charge in [-0.1, -0.05) is 67.8 Å². The van der Waals surface area contributed by atoms with E-state index in [4.69, 9.17) is 10.1 Å². The van der Waals surface area contributed by atoms with Gasteiger partial charge in [-0.3, -0.25) is 15.1 Å². The second-order valence-electron chi connectivity index (χ2n) is 8.11. The number of rotatable bonds is 6. The number of hydrazone groups is 1. The molecule has 0 aromatic heterocycles. The van der Waals surface area contributed by atoms with Crippen LogP contribution in [0.3, 0.4) is 0 Å². The molecule has 0 saturated heterocycles. The van der Waals surface area contributed by atoms with Crippen molar-refractivity contribution in [2.45, 2.75) is 65.0 Å². The normalized spacial score (nSPS) is 23.4. The zero-order chi connectivity index (χ0) is 20.2. The molecule has 5 nitrogen and oxygen atoms in total. The van der Waals surface area contributed by atoms with Crippen LogP contribution in [0, 0.1) is 5.92 Å². The fourth-order valence-corrected chi connectivity index (χ4v) is 5.03. The standard InChI is InChI=1S/C23H30N4OS/c1-3-4-5-8-15-29-23-25-22(28)20-18-9-6-7-10-19(18)24-21(27(20)26-23)17-13-11-16(2)12-14-17/h6-7,9-11,17,21H,3-5,8,12-15H2,1-2H3,(H,25,26,28)/t17-,21-/m0/s1. The van der Waals surface area contributed by atoms with Gasteiger partial charge in [-0.15, -0.1) is 5.10 Å². The average molecular weight is 411 g/mol. The van der Waals surface area contributed by atoms with E-state index in [1.165, 1.54) is 24.8 Å². The van der Waals surface area contributed by atoms with Crippen LogP contribution in [0.4, 0.5) is 0 Å². The number of carbonyl (C=O) groups excluding carboxylic acids is 1. The van der Waals surface area contributed by atoms with Crippen molar-refractivity contribution in [2.75, 3.05) is 5.75 Å². The highest BCUT2D eigenvalue weighted by molar-refractivity contribution is 8.13. The van der Waals surface area contributed by atoms with Crippen LogP contribution in [-0.2, 0) is 4.79 Å². The average Bonchev–Trinajstić information content (AvgIpc) is 2.73. The van der Waals surface area contributed by atoms with Crippen LogP contribution in [0.15, 0.2) is 46.0 Å². The number of hydrogen-bond acceptors (Lipinski definition) is 5. The zero-order valence-corrected chi connectivity index (χ0v) is 18.2. The van der Waals surface area contributed by atoms with E-state index in [9.17, 15) is 4.79 Å². The Kier molecular flexibility index (Phi) is 6.38. The number of amides is 1. The number of hydrogen-bond donors (Lipinski definition) is 1. The molecule has 2 aliphatic heterocycles. The van der Waals surface area contributed by atoms with Crippen LogP contribution in [0.1, 0.15) is 58.8 Å². The number of para-hydroxylation sites is 1. The second-order valence-corrected chi connectivity index (χ2v) is 9.19. The Morgan fingerprint density at radius 2 is 2.10 bits per heavy atom. The number of allylic oxidation sites excluding steroid dienone is 2. The van der Waals surface area contributed by atoms with E-state index in [1.807, 2.05) is 29.3 Å². The lowest BCUT2D eigenvalue weighted by Crippen LogP contribution is -2.54. The van der Waals surface area contributed by atoms with Gasteiger partial charge in [-0.2, -0.15) is 0 Å². The summed E-state index contributed by atoms with van der Waals surface area (Å²) in [5.41, 5.74) is 2.09. The highest BCUT2D eigenvalue weighted by Crippen LogP contribution is 2.33. The summed E-state index contributed by atoms with van der Waals surface area (Å²) in [4.78, 5) is 18.1. The van der Waals surface area contributed by atoms with Crippen LogP contribution in [0.2, 0.25) is 0 Å². The Morgan fingerprint density at radius 1 is 1.24 bits per heavy atom. The van der Waals surface area contributed by atoms with Gasteiger partial charge in [-0.25, -0.2) is 5.01 Å². The number of fused-ring (bicyclic) bond motifs is 2. The SMILES string of the molecule is CCCCCCSC1=NN2C(=c3ccccc3=N[C@@H]2[C@H]2CC=C(C)CC2)C(=O)N1. The number of amidine groups is 1. The number of carbonyl (C=O) groups is 1. The first-order chi connectivity index (χ1) is 14.2. The number of benzene rings is 1. The quantitative estimate of drug-likeness (QED) is 0.577. The molecule has 2 heterocycles. The van der Waals surface area contributed by atoms with Gasteiger partial charge in [0.05, 0.1) is 5.36 Å². The predicted molar refractivity (Wildman–Crippen MR) is 120 cm³/mol. The van der Waals surface area contributed by atoms with Crippen molar-refractivity contribution in [3.05, 3.63) is 46.5 Å². The molecular weight excluding hydrogens is 380 g/mol. The van der Waals surface area contributed by atoms with Crippen molar-refractivity contribution >= 4 is 28.5 Å². The Hall–Kier alpha value is -2.08. The van der Waals surface area contributed by atoms with E-state index < -0.39 is 0 Å². The molecular formula is C23H30N4OS. The highest BCUT2D eigenvalue weighted by atomic mass is 32.2. The van der Waals surface area contributed by atoms with E-state index in [0.29, 0.717) is 16.8 Å². The Morgan fingerprint density at radius 3 is 2.90 bits per heavy atom. The molecule has 154 valence electrons. The summed E-state index contributed by atoms with van der Waals surface area (Å²) < 4.78 is 0. The first-order valence-electron chi connectivity index (χ1n) is 10.8. The first kappa shape index (κ1) is 20.2. The third kappa shape index (κ3) is 4.42. The number of nitrogens with one attached hydrogen (secondary N) is 1. The summed E-state index contributed by atoms with van der Waals surface area (Å²) >= 11 is 1.65. The van der Waals surface area contributed by atoms with Crippen LogP contribution < -0.4 is 15.9 Å². The summed E-state index contributed by atoms with van der Waals surface area (Å²) in [6, 6.07) is 7.93. The minimum Gasteiger partial charge on any atom is -0.298 e. The lowest BCUT2D eigenvalue weighted by atomic mass is 9.87. The summed E-state index contributed by atoms with van der Waals surface area (Å²) in [5.74, 6) is 1.28. The van der Waals surface area contributed by atoms with Crippen molar-refractivity contribution in [1.82, 2.24) is 10.3 Å². The molecule has 6 heteroatoms. The topological polar surface area (TPSA) is 57.1 Å². The minimum absolute atomic E-state index is 0.0639. The molecule has 0 bridgehead atoms. The molecule has 1 N–H and O–H groups in total. The molecule has 0 fully saturated rings. The van der Waals surface area contributed by atoms with E-state index in [2.05, 4.69) is 25.2 Å². The number of thioether (sulfide) groups is 1. The molecule has 2 atom stereocenters. The summed E-state index contributed by atoms with van der Waals surface area (Å²) in [5, 5.41) is 12.3. The van der Waals surface area contributed by atoms with Crippen LogP contribution in [-0.4, -0.2) is 28.0 Å². The van der Waals surface area contributed by atoms with Gasteiger partial charge in [0.15, 0.2) is 5.17 Å². The maximum atomic E-state index is 13.1. The fraction of sp³-hybridized carbons (Fsp3) is 0.522. The van der Waals surface area contributed by atoms with Crippen molar-refractivity contribution in [3.63, 3.8) is 0 Å². The van der Waals surface area contributed by atoms with Crippen LogP contribution >= 0.6 is 11.8 Å². The molecule has 1 amide bonds. The lowest BCUT2D eigenvalue weighted by molar-refractivity contribution is -0.116. The van der Waals surface area contributed by atoms with E-state index in [0.717, 1.165) is 42.0 Å². The van der Waals surface area contributed by atoms with Crippen molar-refractivity contribution in [3.8, 4) is 0 Å².